The van der Waals surface area contributed by atoms with Crippen LogP contribution in [0, 0.1) is 5.41 Å². The van der Waals surface area contributed by atoms with Crippen molar-refractivity contribution >= 4 is 17.8 Å². The van der Waals surface area contributed by atoms with Crippen molar-refractivity contribution in [1.29, 1.82) is 0 Å². The van der Waals surface area contributed by atoms with Gasteiger partial charge in [0.1, 0.15) is 5.54 Å². The van der Waals surface area contributed by atoms with Crippen molar-refractivity contribution in [3.05, 3.63) is 35.4 Å². The summed E-state index contributed by atoms with van der Waals surface area (Å²) in [5.41, 5.74) is -0.572. The van der Waals surface area contributed by atoms with Crippen molar-refractivity contribution in [2.75, 3.05) is 19.8 Å². The molecule has 1 aliphatic heterocycles. The topological polar surface area (TPSA) is 105 Å². The molecule has 1 aromatic rings. The molecule has 0 radical (unpaired) electrons. The van der Waals surface area contributed by atoms with Gasteiger partial charge in [0.05, 0.1) is 0 Å². The second-order valence-corrected chi connectivity index (χ2v) is 7.77. The van der Waals surface area contributed by atoms with E-state index in [1.807, 2.05) is 20.8 Å². The third kappa shape index (κ3) is 5.05. The molecule has 142 valence electrons. The Kier molecular flexibility index (Phi) is 6.02. The number of rotatable bonds is 5. The zero-order valence-corrected chi connectivity index (χ0v) is 15.4. The Morgan fingerprint density at radius 2 is 1.54 bits per heavy atom. The number of carbonyl (C=O) groups is 3. The monoisotopic (exact) mass is 362 g/mol. The van der Waals surface area contributed by atoms with Crippen LogP contribution in [-0.2, 0) is 9.53 Å². The van der Waals surface area contributed by atoms with E-state index in [1.54, 1.807) is 12.1 Å². The maximum Gasteiger partial charge on any atom is 0.329 e. The van der Waals surface area contributed by atoms with Crippen molar-refractivity contribution < 1.29 is 24.2 Å². The average Bonchev–Trinajstić information content (AvgIpc) is 2.60. The van der Waals surface area contributed by atoms with Crippen molar-refractivity contribution in [3.8, 4) is 0 Å². The van der Waals surface area contributed by atoms with E-state index in [1.165, 1.54) is 12.1 Å². The standard InChI is InChI=1S/C19H26N2O5/c1-18(2,3)12-20-15(22)13-4-6-14(7-5-13)16(23)21-19(17(24)25)8-10-26-11-9-19/h4-7H,8-12H2,1-3H3,(H,20,22)(H,21,23)(H,24,25). The summed E-state index contributed by atoms with van der Waals surface area (Å²) in [6, 6.07) is 6.17. The zero-order valence-electron chi connectivity index (χ0n) is 15.4. The molecule has 0 spiro atoms. The van der Waals surface area contributed by atoms with Gasteiger partial charge in [0, 0.05) is 43.7 Å². The smallest absolute Gasteiger partial charge is 0.329 e. The van der Waals surface area contributed by atoms with Crippen molar-refractivity contribution in [1.82, 2.24) is 10.6 Å². The highest BCUT2D eigenvalue weighted by Gasteiger charge is 2.41. The SMILES string of the molecule is CC(C)(C)CNC(=O)c1ccc(C(=O)NC2(C(=O)O)CCOCC2)cc1. The Labute approximate surface area is 153 Å². The third-order valence-corrected chi connectivity index (χ3v) is 4.30. The Morgan fingerprint density at radius 1 is 1.04 bits per heavy atom. The fourth-order valence-electron chi connectivity index (χ4n) is 2.62. The number of amides is 2. The van der Waals surface area contributed by atoms with Crippen molar-refractivity contribution in [2.45, 2.75) is 39.2 Å². The lowest BCUT2D eigenvalue weighted by atomic mass is 9.89. The first-order valence-electron chi connectivity index (χ1n) is 8.65. The summed E-state index contributed by atoms with van der Waals surface area (Å²) in [6.45, 7) is 7.19. The van der Waals surface area contributed by atoms with Gasteiger partial charge in [0.2, 0.25) is 0 Å². The highest BCUT2D eigenvalue weighted by Crippen LogP contribution is 2.22. The minimum Gasteiger partial charge on any atom is -0.480 e. The molecule has 2 rings (SSSR count). The predicted octanol–water partition coefficient (Wildman–Crippen LogP) is 1.83. The highest BCUT2D eigenvalue weighted by molar-refractivity contribution is 5.99. The fourth-order valence-corrected chi connectivity index (χ4v) is 2.62. The van der Waals surface area contributed by atoms with Gasteiger partial charge < -0.3 is 20.5 Å². The lowest BCUT2D eigenvalue weighted by molar-refractivity contribution is -0.148. The molecule has 1 aromatic carbocycles. The number of ether oxygens (including phenoxy) is 1. The molecule has 2 amide bonds. The maximum atomic E-state index is 12.4. The summed E-state index contributed by atoms with van der Waals surface area (Å²) in [6.07, 6.45) is 0.447. The van der Waals surface area contributed by atoms with E-state index in [0.29, 0.717) is 30.9 Å². The molecule has 0 aliphatic carbocycles. The number of carbonyl (C=O) groups excluding carboxylic acids is 2. The van der Waals surface area contributed by atoms with Crippen LogP contribution in [0.4, 0.5) is 0 Å². The van der Waals surface area contributed by atoms with Crippen LogP contribution in [0.1, 0.15) is 54.3 Å². The van der Waals surface area contributed by atoms with Crippen LogP contribution in [0.15, 0.2) is 24.3 Å². The number of aliphatic carboxylic acids is 1. The molecule has 0 saturated carbocycles. The summed E-state index contributed by atoms with van der Waals surface area (Å²) >= 11 is 0. The van der Waals surface area contributed by atoms with Crippen molar-refractivity contribution in [3.63, 3.8) is 0 Å². The molecule has 7 nitrogen and oxygen atoms in total. The van der Waals surface area contributed by atoms with E-state index in [4.69, 9.17) is 4.74 Å². The maximum absolute atomic E-state index is 12.4. The first kappa shape index (κ1) is 19.9. The molecule has 0 bridgehead atoms. The Bertz CT molecular complexity index is 670. The molecule has 1 heterocycles. The number of hydrogen-bond donors (Lipinski definition) is 3. The average molecular weight is 362 g/mol. The van der Waals surface area contributed by atoms with Gasteiger partial charge in [-0.2, -0.15) is 0 Å². The molecule has 7 heteroatoms. The van der Waals surface area contributed by atoms with Gasteiger partial charge in [-0.25, -0.2) is 4.79 Å². The normalized spacial score (nSPS) is 16.6. The lowest BCUT2D eigenvalue weighted by Crippen LogP contribution is -2.57. The van der Waals surface area contributed by atoms with Crippen LogP contribution < -0.4 is 10.6 Å². The molecule has 1 aliphatic rings. The number of hydrogen-bond acceptors (Lipinski definition) is 4. The number of benzene rings is 1. The van der Waals surface area contributed by atoms with Crippen LogP contribution in [-0.4, -0.2) is 48.2 Å². The van der Waals surface area contributed by atoms with Crippen LogP contribution in [0.5, 0.6) is 0 Å². The second kappa shape index (κ2) is 7.86. The van der Waals surface area contributed by atoms with E-state index >= 15 is 0 Å². The summed E-state index contributed by atoms with van der Waals surface area (Å²) in [5, 5.41) is 15.0. The predicted molar refractivity (Wildman–Crippen MR) is 96.1 cm³/mol. The fraction of sp³-hybridized carbons (Fsp3) is 0.526. The number of carboxylic acid groups (broad SMARTS) is 1. The number of carboxylic acids is 1. The van der Waals surface area contributed by atoms with Gasteiger partial charge in [-0.05, 0) is 29.7 Å². The Morgan fingerprint density at radius 3 is 2.00 bits per heavy atom. The molecule has 0 atom stereocenters. The van der Waals surface area contributed by atoms with Crippen LogP contribution in [0.3, 0.4) is 0 Å². The summed E-state index contributed by atoms with van der Waals surface area (Å²) in [5.74, 6) is -1.75. The molecule has 3 N–H and O–H groups in total. The molecular weight excluding hydrogens is 336 g/mol. The number of nitrogens with one attached hydrogen (secondary N) is 2. The van der Waals surface area contributed by atoms with Gasteiger partial charge >= 0.3 is 5.97 Å². The minimum absolute atomic E-state index is 0.0235. The summed E-state index contributed by atoms with van der Waals surface area (Å²) in [4.78, 5) is 36.2. The van der Waals surface area contributed by atoms with Gasteiger partial charge in [0.25, 0.3) is 11.8 Å². The van der Waals surface area contributed by atoms with E-state index in [-0.39, 0.29) is 24.2 Å². The quantitative estimate of drug-likeness (QED) is 0.741. The van der Waals surface area contributed by atoms with E-state index < -0.39 is 17.4 Å². The van der Waals surface area contributed by atoms with Crippen LogP contribution >= 0.6 is 0 Å². The highest BCUT2D eigenvalue weighted by atomic mass is 16.5. The molecule has 0 aromatic heterocycles. The van der Waals surface area contributed by atoms with E-state index in [9.17, 15) is 19.5 Å². The third-order valence-electron chi connectivity index (χ3n) is 4.30. The van der Waals surface area contributed by atoms with Crippen molar-refractivity contribution in [2.24, 2.45) is 5.41 Å². The molecule has 1 fully saturated rings. The van der Waals surface area contributed by atoms with E-state index in [0.717, 1.165) is 0 Å². The van der Waals surface area contributed by atoms with Crippen LogP contribution in [0.25, 0.3) is 0 Å². The summed E-state index contributed by atoms with van der Waals surface area (Å²) < 4.78 is 5.19. The largest absolute Gasteiger partial charge is 0.480 e. The molecule has 26 heavy (non-hydrogen) atoms. The summed E-state index contributed by atoms with van der Waals surface area (Å²) in [7, 11) is 0. The molecule has 0 unspecified atom stereocenters. The van der Waals surface area contributed by atoms with Gasteiger partial charge in [-0.15, -0.1) is 0 Å². The van der Waals surface area contributed by atoms with Gasteiger partial charge in [0.15, 0.2) is 0 Å². The first-order chi connectivity index (χ1) is 12.1. The first-order valence-corrected chi connectivity index (χ1v) is 8.65. The Balaban J connectivity index is 2.04. The van der Waals surface area contributed by atoms with Gasteiger partial charge in [-0.3, -0.25) is 9.59 Å². The molecular formula is C19H26N2O5. The Hall–Kier alpha value is -2.41. The second-order valence-electron chi connectivity index (χ2n) is 7.77. The molecule has 1 saturated heterocycles. The van der Waals surface area contributed by atoms with Gasteiger partial charge in [-0.1, -0.05) is 20.8 Å². The minimum atomic E-state index is -1.31. The van der Waals surface area contributed by atoms with E-state index in [2.05, 4.69) is 10.6 Å². The zero-order chi connectivity index (χ0) is 19.4. The van der Waals surface area contributed by atoms with Crippen LogP contribution in [0.2, 0.25) is 0 Å². The lowest BCUT2D eigenvalue weighted by Gasteiger charge is -2.33.